The molecule has 1 aromatic rings. The molecule has 122 valence electrons. The predicted molar refractivity (Wildman–Crippen MR) is 90.7 cm³/mol. The van der Waals surface area contributed by atoms with Crippen LogP contribution in [0.4, 0.5) is 0 Å². The highest BCUT2D eigenvalue weighted by Gasteiger charge is 2.30. The van der Waals surface area contributed by atoms with Gasteiger partial charge in [0.25, 0.3) is 0 Å². The van der Waals surface area contributed by atoms with Crippen molar-refractivity contribution in [3.05, 3.63) is 11.9 Å². The number of hydrogen-bond acceptors (Lipinski definition) is 3. The van der Waals surface area contributed by atoms with Crippen molar-refractivity contribution < 1.29 is 4.21 Å². The van der Waals surface area contributed by atoms with E-state index in [1.54, 1.807) is 12.5 Å². The van der Waals surface area contributed by atoms with Crippen molar-refractivity contribution in [2.45, 2.75) is 66.6 Å². The van der Waals surface area contributed by atoms with E-state index in [4.69, 9.17) is 0 Å². The summed E-state index contributed by atoms with van der Waals surface area (Å²) in [4.78, 5) is 0. The van der Waals surface area contributed by atoms with Gasteiger partial charge in [0.2, 0.25) is 0 Å². The van der Waals surface area contributed by atoms with Crippen LogP contribution in [0.15, 0.2) is 6.20 Å². The third kappa shape index (κ3) is 4.54. The van der Waals surface area contributed by atoms with Gasteiger partial charge in [-0.3, -0.25) is 4.21 Å². The zero-order valence-corrected chi connectivity index (χ0v) is 15.5. The summed E-state index contributed by atoms with van der Waals surface area (Å²) < 4.78 is 16.4. The molecule has 1 heterocycles. The van der Waals surface area contributed by atoms with Gasteiger partial charge in [0.15, 0.2) is 0 Å². The second kappa shape index (κ2) is 5.72. The van der Waals surface area contributed by atoms with Gasteiger partial charge in [0, 0.05) is 21.5 Å². The first-order valence-electron chi connectivity index (χ1n) is 7.23. The van der Waals surface area contributed by atoms with E-state index < -0.39 is 9.71 Å². The number of hydrogen-bond donors (Lipinski definition) is 0. The van der Waals surface area contributed by atoms with Crippen LogP contribution in [-0.2, 0) is 16.3 Å². The van der Waals surface area contributed by atoms with Gasteiger partial charge in [-0.25, -0.2) is 8.99 Å². The van der Waals surface area contributed by atoms with Gasteiger partial charge in [0.1, 0.15) is 0 Å². The summed E-state index contributed by atoms with van der Waals surface area (Å²) in [6.45, 7) is 15.3. The predicted octanol–water partition coefficient (Wildman–Crippen LogP) is 2.75. The van der Waals surface area contributed by atoms with Gasteiger partial charge in [0.05, 0.1) is 24.5 Å². The van der Waals surface area contributed by atoms with Crippen LogP contribution >= 0.6 is 0 Å². The smallest absolute Gasteiger partial charge is 0.0741 e. The molecule has 0 aromatic carbocycles. The maximum absolute atomic E-state index is 12.5. The van der Waals surface area contributed by atoms with Gasteiger partial charge < -0.3 is 0 Å². The van der Waals surface area contributed by atoms with Crippen LogP contribution < -0.4 is 0 Å². The summed E-state index contributed by atoms with van der Waals surface area (Å²) in [6, 6.07) is 0.203. The zero-order valence-electron chi connectivity index (χ0n) is 14.7. The number of rotatable bonds is 4. The molecule has 21 heavy (non-hydrogen) atoms. The summed E-state index contributed by atoms with van der Waals surface area (Å²) >= 11 is 0. The fraction of sp³-hybridized carbons (Fsp3) is 0.800. The molecule has 0 spiro atoms. The summed E-state index contributed by atoms with van der Waals surface area (Å²) in [5.74, 6) is 3.84. The molecule has 1 rings (SSSR count). The first-order chi connectivity index (χ1) is 9.24. The van der Waals surface area contributed by atoms with E-state index in [0.717, 1.165) is 5.69 Å². The first kappa shape index (κ1) is 18.2. The van der Waals surface area contributed by atoms with Crippen LogP contribution in [0.1, 0.15) is 60.2 Å². The Morgan fingerprint density at radius 3 is 2.24 bits per heavy atom. The molecule has 0 aliphatic carbocycles. The Balaban J connectivity index is 3.17. The minimum absolute atomic E-state index is 0.0765. The molecular formula is C15H30N4OS. The van der Waals surface area contributed by atoms with E-state index in [-0.39, 0.29) is 17.0 Å². The van der Waals surface area contributed by atoms with Crippen molar-refractivity contribution in [2.75, 3.05) is 6.26 Å². The Bertz CT molecular complexity index is 576. The third-order valence-electron chi connectivity index (χ3n) is 3.79. The van der Waals surface area contributed by atoms with Gasteiger partial charge in [-0.05, 0) is 39.0 Å². The van der Waals surface area contributed by atoms with E-state index in [2.05, 4.69) is 43.9 Å². The van der Waals surface area contributed by atoms with Crippen LogP contribution in [0, 0.1) is 5.41 Å². The van der Waals surface area contributed by atoms with Crippen molar-refractivity contribution in [2.24, 2.45) is 5.41 Å². The zero-order chi connectivity index (χ0) is 16.6. The molecule has 0 radical (unpaired) electrons. The summed E-state index contributed by atoms with van der Waals surface area (Å²) in [5.41, 5.74) is 0.798. The number of nitrogens with zero attached hydrogens (tertiary/aromatic N) is 4. The molecule has 0 amide bonds. The average molecular weight is 314 g/mol. The maximum atomic E-state index is 12.5. The van der Waals surface area contributed by atoms with Crippen LogP contribution in [0.3, 0.4) is 0 Å². The summed E-state index contributed by atoms with van der Waals surface area (Å²) in [5, 5.41) is 8.27. The van der Waals surface area contributed by atoms with Gasteiger partial charge in [-0.1, -0.05) is 26.0 Å². The van der Waals surface area contributed by atoms with Crippen molar-refractivity contribution in [3.8, 4) is 0 Å². The maximum Gasteiger partial charge on any atom is 0.0741 e. The summed E-state index contributed by atoms with van der Waals surface area (Å²) in [6.07, 6.45) is 3.44. The molecule has 0 bridgehead atoms. The van der Waals surface area contributed by atoms with Crippen molar-refractivity contribution in [3.63, 3.8) is 0 Å². The van der Waals surface area contributed by atoms with Crippen LogP contribution in [0.25, 0.3) is 0 Å². The minimum Gasteiger partial charge on any atom is -0.253 e. The van der Waals surface area contributed by atoms with E-state index in [1.807, 2.05) is 29.8 Å². The lowest BCUT2D eigenvalue weighted by Gasteiger charge is -2.37. The Kier molecular flexibility index (Phi) is 4.95. The highest BCUT2D eigenvalue weighted by atomic mass is 32.2. The SMILES string of the molecule is C=S(C)(=O)N(Cc1cnnn1[C@H](C)C(C)(C)C)C(C)(C)C. The molecule has 0 aliphatic rings. The highest BCUT2D eigenvalue weighted by Crippen LogP contribution is 2.31. The fourth-order valence-electron chi connectivity index (χ4n) is 2.17. The molecule has 0 N–H and O–H groups in total. The quantitative estimate of drug-likeness (QED) is 0.803. The molecule has 0 fully saturated rings. The van der Waals surface area contributed by atoms with Gasteiger partial charge in [-0.2, -0.15) is 0 Å². The van der Waals surface area contributed by atoms with E-state index >= 15 is 0 Å². The number of aromatic nitrogens is 3. The molecule has 0 saturated carbocycles. The fourth-order valence-corrected chi connectivity index (χ4v) is 3.74. The lowest BCUT2D eigenvalue weighted by Crippen LogP contribution is -2.44. The third-order valence-corrected chi connectivity index (χ3v) is 5.40. The largest absolute Gasteiger partial charge is 0.253 e. The molecule has 1 aromatic heterocycles. The van der Waals surface area contributed by atoms with Crippen molar-refractivity contribution >= 4 is 15.6 Å². The summed E-state index contributed by atoms with van der Waals surface area (Å²) in [7, 11) is -2.31. The molecule has 0 saturated heterocycles. The second-order valence-electron chi connectivity index (χ2n) is 7.88. The Labute approximate surface area is 129 Å². The molecule has 6 heteroatoms. The molecule has 5 nitrogen and oxygen atoms in total. The van der Waals surface area contributed by atoms with Gasteiger partial charge in [-0.15, -0.1) is 5.10 Å². The van der Waals surface area contributed by atoms with E-state index in [9.17, 15) is 4.21 Å². The lowest BCUT2D eigenvalue weighted by molar-refractivity contribution is 0.215. The highest BCUT2D eigenvalue weighted by molar-refractivity contribution is 7.97. The lowest BCUT2D eigenvalue weighted by atomic mass is 9.88. The molecule has 0 aliphatic heterocycles. The van der Waals surface area contributed by atoms with E-state index in [1.165, 1.54) is 0 Å². The Hall–Kier alpha value is -0.880. The molecule has 2 atom stereocenters. The van der Waals surface area contributed by atoms with Crippen LogP contribution in [0.2, 0.25) is 0 Å². The second-order valence-corrected chi connectivity index (χ2v) is 10.2. The van der Waals surface area contributed by atoms with Gasteiger partial charge >= 0.3 is 0 Å². The van der Waals surface area contributed by atoms with Crippen molar-refractivity contribution in [1.29, 1.82) is 0 Å². The normalized spacial score (nSPS) is 17.8. The first-order valence-corrected chi connectivity index (χ1v) is 9.33. The monoisotopic (exact) mass is 314 g/mol. The Morgan fingerprint density at radius 1 is 1.33 bits per heavy atom. The average Bonchev–Trinajstić information content (AvgIpc) is 2.67. The minimum atomic E-state index is -2.31. The topological polar surface area (TPSA) is 51.0 Å². The molecular weight excluding hydrogens is 284 g/mol. The van der Waals surface area contributed by atoms with Crippen LogP contribution in [-0.4, -0.2) is 41.2 Å². The molecule has 1 unspecified atom stereocenters. The Morgan fingerprint density at radius 2 is 1.86 bits per heavy atom. The van der Waals surface area contributed by atoms with E-state index in [0.29, 0.717) is 6.54 Å². The standard InChI is InChI=1S/C15H30N4OS/c1-12(14(2,3)4)19-13(10-16-17-19)11-18(15(5,6)7)21(8,9)20/h10,12H,8,11H2,1-7,9H3/t12-,21?/m1/s1. The van der Waals surface area contributed by atoms with Crippen molar-refractivity contribution in [1.82, 2.24) is 19.3 Å². The van der Waals surface area contributed by atoms with Crippen LogP contribution in [0.5, 0.6) is 0 Å².